The molecule has 0 spiro atoms. The average molecular weight is 328 g/mol. The van der Waals surface area contributed by atoms with Crippen molar-refractivity contribution in [3.05, 3.63) is 11.3 Å². The van der Waals surface area contributed by atoms with Gasteiger partial charge in [0.2, 0.25) is 0 Å². The molecule has 22 heavy (non-hydrogen) atoms. The third-order valence-corrected chi connectivity index (χ3v) is 7.69. The van der Waals surface area contributed by atoms with Crippen LogP contribution in [0.2, 0.25) is 5.54 Å². The van der Waals surface area contributed by atoms with Crippen molar-refractivity contribution in [1.29, 1.82) is 0 Å². The minimum Gasteiger partial charge on any atom is -0.493 e. The lowest BCUT2D eigenvalue weighted by atomic mass is 9.89. The standard InChI is InChI=1S/C14H20O7Si/c1-4-17-22(18-5-2,19-6-3)9-7-8-10-11(12(9)20-8)14(16)21-13(10)15/h9,11-12H,4-7H2,1-3H3. The average Bonchev–Trinajstić information content (AvgIpc) is 3.12. The summed E-state index contributed by atoms with van der Waals surface area (Å²) in [6, 6.07) is 0. The van der Waals surface area contributed by atoms with E-state index in [0.717, 1.165) is 0 Å². The van der Waals surface area contributed by atoms with E-state index in [1.54, 1.807) is 0 Å². The van der Waals surface area contributed by atoms with Gasteiger partial charge in [-0.25, -0.2) is 4.79 Å². The Labute approximate surface area is 129 Å². The second-order valence-electron chi connectivity index (χ2n) is 5.32. The summed E-state index contributed by atoms with van der Waals surface area (Å²) in [4.78, 5) is 23.7. The molecule has 3 atom stereocenters. The van der Waals surface area contributed by atoms with Crippen LogP contribution in [0.5, 0.6) is 0 Å². The van der Waals surface area contributed by atoms with E-state index in [-0.39, 0.29) is 5.54 Å². The van der Waals surface area contributed by atoms with Crippen molar-refractivity contribution in [3.63, 3.8) is 0 Å². The van der Waals surface area contributed by atoms with Crippen LogP contribution in [-0.4, -0.2) is 46.7 Å². The van der Waals surface area contributed by atoms with Gasteiger partial charge in [-0.3, -0.25) is 4.79 Å². The van der Waals surface area contributed by atoms with Crippen LogP contribution in [0, 0.1) is 5.92 Å². The first-order chi connectivity index (χ1) is 10.6. The first-order valence-corrected chi connectivity index (χ1v) is 9.45. The van der Waals surface area contributed by atoms with Gasteiger partial charge in [0.1, 0.15) is 17.8 Å². The number of cyclic esters (lactones) is 2. The molecule has 2 saturated heterocycles. The maximum absolute atomic E-state index is 11.9. The molecule has 3 aliphatic heterocycles. The molecule has 2 bridgehead atoms. The van der Waals surface area contributed by atoms with Crippen LogP contribution in [0.3, 0.4) is 0 Å². The zero-order valence-electron chi connectivity index (χ0n) is 12.9. The van der Waals surface area contributed by atoms with Gasteiger partial charge in [0.05, 0.1) is 11.1 Å². The molecule has 0 saturated carbocycles. The molecule has 0 aromatic carbocycles. The predicted octanol–water partition coefficient (Wildman–Crippen LogP) is 1.16. The van der Waals surface area contributed by atoms with Crippen molar-refractivity contribution in [1.82, 2.24) is 0 Å². The molecule has 3 aliphatic rings. The molecule has 0 aromatic rings. The SMILES string of the molecule is CCO[Si](OCC)(OCC)C1CC2=C3C(=O)OC(=O)C3C1O2. The van der Waals surface area contributed by atoms with Gasteiger partial charge < -0.3 is 22.8 Å². The molecule has 0 radical (unpaired) electrons. The highest BCUT2D eigenvalue weighted by Crippen LogP contribution is 2.55. The first kappa shape index (κ1) is 15.7. The van der Waals surface area contributed by atoms with Crippen molar-refractivity contribution in [2.75, 3.05) is 19.8 Å². The number of ether oxygens (including phenoxy) is 2. The Morgan fingerprint density at radius 2 is 1.68 bits per heavy atom. The molecule has 2 fully saturated rings. The van der Waals surface area contributed by atoms with E-state index >= 15 is 0 Å². The second kappa shape index (κ2) is 5.77. The summed E-state index contributed by atoms with van der Waals surface area (Å²) >= 11 is 0. The molecule has 122 valence electrons. The third kappa shape index (κ3) is 2.13. The van der Waals surface area contributed by atoms with Gasteiger partial charge in [0.25, 0.3) is 0 Å². The topological polar surface area (TPSA) is 80.3 Å². The quantitative estimate of drug-likeness (QED) is 0.394. The zero-order valence-corrected chi connectivity index (χ0v) is 13.9. The van der Waals surface area contributed by atoms with Gasteiger partial charge in [0, 0.05) is 26.2 Å². The van der Waals surface area contributed by atoms with E-state index in [0.29, 0.717) is 37.6 Å². The minimum atomic E-state index is -3.01. The Kier molecular flexibility index (Phi) is 4.10. The lowest BCUT2D eigenvalue weighted by Crippen LogP contribution is -2.54. The van der Waals surface area contributed by atoms with Crippen LogP contribution in [-0.2, 0) is 32.3 Å². The van der Waals surface area contributed by atoms with E-state index in [1.165, 1.54) is 0 Å². The summed E-state index contributed by atoms with van der Waals surface area (Å²) in [6.45, 7) is 7.00. The molecular formula is C14H20O7Si. The van der Waals surface area contributed by atoms with E-state index in [1.807, 2.05) is 20.8 Å². The fraction of sp³-hybridized carbons (Fsp3) is 0.714. The number of fused-ring (bicyclic) bond motifs is 4. The van der Waals surface area contributed by atoms with Crippen molar-refractivity contribution >= 4 is 20.7 Å². The molecule has 3 unspecified atom stereocenters. The highest BCUT2D eigenvalue weighted by atomic mass is 28.4. The van der Waals surface area contributed by atoms with Gasteiger partial charge in [-0.1, -0.05) is 0 Å². The van der Waals surface area contributed by atoms with Crippen molar-refractivity contribution in [2.45, 2.75) is 38.8 Å². The Balaban J connectivity index is 1.94. The van der Waals surface area contributed by atoms with Crippen molar-refractivity contribution in [3.8, 4) is 0 Å². The Morgan fingerprint density at radius 3 is 2.23 bits per heavy atom. The number of carbonyl (C=O) groups excluding carboxylic acids is 2. The lowest BCUT2D eigenvalue weighted by molar-refractivity contribution is -0.154. The fourth-order valence-corrected chi connectivity index (χ4v) is 6.70. The summed E-state index contributed by atoms with van der Waals surface area (Å²) in [5.41, 5.74) is 0.188. The van der Waals surface area contributed by atoms with Crippen LogP contribution in [0.25, 0.3) is 0 Å². The largest absolute Gasteiger partial charge is 0.508 e. The van der Waals surface area contributed by atoms with Gasteiger partial charge in [-0.05, 0) is 20.8 Å². The zero-order chi connectivity index (χ0) is 15.9. The smallest absolute Gasteiger partial charge is 0.493 e. The van der Waals surface area contributed by atoms with Crippen LogP contribution in [0.4, 0.5) is 0 Å². The van der Waals surface area contributed by atoms with Gasteiger partial charge in [0.15, 0.2) is 0 Å². The maximum atomic E-state index is 11.9. The van der Waals surface area contributed by atoms with Crippen molar-refractivity contribution < 1.29 is 32.3 Å². The molecule has 3 rings (SSSR count). The molecule has 0 amide bonds. The molecule has 0 aromatic heterocycles. The van der Waals surface area contributed by atoms with E-state index < -0.39 is 32.8 Å². The summed E-state index contributed by atoms with van der Waals surface area (Å²) in [7, 11) is -3.01. The van der Waals surface area contributed by atoms with Crippen LogP contribution in [0.15, 0.2) is 11.3 Å². The van der Waals surface area contributed by atoms with E-state index in [9.17, 15) is 9.59 Å². The van der Waals surface area contributed by atoms with E-state index in [4.69, 9.17) is 22.8 Å². The summed E-state index contributed by atoms with van der Waals surface area (Å²) in [5.74, 6) is -1.25. The predicted molar refractivity (Wildman–Crippen MR) is 75.5 cm³/mol. The van der Waals surface area contributed by atoms with E-state index in [2.05, 4.69) is 0 Å². The van der Waals surface area contributed by atoms with Crippen molar-refractivity contribution in [2.24, 2.45) is 5.92 Å². The molecule has 3 heterocycles. The fourth-order valence-electron chi connectivity index (χ4n) is 3.50. The molecule has 7 nitrogen and oxygen atoms in total. The number of esters is 2. The number of allylic oxidation sites excluding steroid dienone is 1. The Hall–Kier alpha value is -1.22. The van der Waals surface area contributed by atoms with Gasteiger partial charge in [-0.2, -0.15) is 0 Å². The maximum Gasteiger partial charge on any atom is 0.508 e. The van der Waals surface area contributed by atoms with Crippen LogP contribution < -0.4 is 0 Å². The molecule has 0 aliphatic carbocycles. The lowest BCUT2D eigenvalue weighted by Gasteiger charge is -2.35. The number of carbonyl (C=O) groups is 2. The summed E-state index contributed by atoms with van der Waals surface area (Å²) in [5, 5.41) is 0. The normalized spacial score (nSPS) is 29.9. The monoisotopic (exact) mass is 328 g/mol. The van der Waals surface area contributed by atoms with Crippen LogP contribution >= 0.6 is 0 Å². The van der Waals surface area contributed by atoms with Gasteiger partial charge >= 0.3 is 20.7 Å². The summed E-state index contributed by atoms with van der Waals surface area (Å²) in [6.07, 6.45) is 0.00531. The number of hydrogen-bond acceptors (Lipinski definition) is 7. The minimum absolute atomic E-state index is 0.186. The van der Waals surface area contributed by atoms with Crippen LogP contribution in [0.1, 0.15) is 27.2 Å². The molecular weight excluding hydrogens is 308 g/mol. The second-order valence-corrected chi connectivity index (χ2v) is 8.13. The first-order valence-electron chi connectivity index (χ1n) is 7.65. The molecule has 0 N–H and O–H groups in total. The van der Waals surface area contributed by atoms with Gasteiger partial charge in [-0.15, -0.1) is 0 Å². The molecule has 8 heteroatoms. The highest BCUT2D eigenvalue weighted by Gasteiger charge is 2.67. The number of hydrogen-bond donors (Lipinski definition) is 0. The summed E-state index contributed by atoms with van der Waals surface area (Å²) < 4.78 is 28.3. The highest BCUT2D eigenvalue weighted by molar-refractivity contribution is 6.63. The third-order valence-electron chi connectivity index (χ3n) is 4.18. The Morgan fingerprint density at radius 1 is 1.09 bits per heavy atom. The Bertz CT molecular complexity index is 512. The number of rotatable bonds is 7.